The first-order valence-electron chi connectivity index (χ1n) is 5.78. The molecule has 0 aromatic heterocycles. The zero-order chi connectivity index (χ0) is 18.1. The summed E-state index contributed by atoms with van der Waals surface area (Å²) >= 11 is 2.78. The molecule has 4 N–H and O–H groups in total. The molecule has 0 bridgehead atoms. The summed E-state index contributed by atoms with van der Waals surface area (Å²) in [5, 5.41) is 0. The molecule has 13 heteroatoms. The second-order valence-electron chi connectivity index (χ2n) is 4.40. The highest BCUT2D eigenvalue weighted by Gasteiger charge is 2.51. The quantitative estimate of drug-likeness (QED) is 0.369. The molecule has 0 fully saturated rings. The molecule has 0 saturated heterocycles. The zero-order valence-corrected chi connectivity index (χ0v) is 14.7. The van der Waals surface area contributed by atoms with Crippen LogP contribution in [-0.2, 0) is 25.2 Å². The maximum absolute atomic E-state index is 13.7. The van der Waals surface area contributed by atoms with Crippen molar-refractivity contribution in [1.29, 1.82) is 0 Å². The van der Waals surface area contributed by atoms with Crippen LogP contribution in [-0.4, -0.2) is 24.6 Å². The number of halogens is 3. The lowest BCUT2D eigenvalue weighted by molar-refractivity contribution is -0.108. The molecule has 0 radical (unpaired) electrons. The summed E-state index contributed by atoms with van der Waals surface area (Å²) in [6.07, 6.45) is -0.0470. The van der Waals surface area contributed by atoms with Gasteiger partial charge in [0.25, 0.3) is 0 Å². The predicted molar refractivity (Wildman–Crippen MR) is 86.5 cm³/mol. The standard InChI is InChI=1S/C10H12BrF2N2O6PS.CH4/c1-6(15-23(20,21)14-5-16)7-2-3-8(9(11)4-7)10(12,13)22(17,18)19;/h2-6,15H,1H3,(H,14,16)(H2,17,18,19);1H4. The minimum Gasteiger partial charge on any atom is -0.320 e. The van der Waals surface area contributed by atoms with Gasteiger partial charge in [0.15, 0.2) is 0 Å². The van der Waals surface area contributed by atoms with Gasteiger partial charge in [0, 0.05) is 16.1 Å². The van der Waals surface area contributed by atoms with Crippen molar-refractivity contribution in [2.24, 2.45) is 0 Å². The van der Waals surface area contributed by atoms with E-state index in [1.165, 1.54) is 11.6 Å². The molecule has 0 heterocycles. The Labute approximate surface area is 146 Å². The molecule has 0 aliphatic carbocycles. The summed E-state index contributed by atoms with van der Waals surface area (Å²) < 4.78 is 64.2. The van der Waals surface area contributed by atoms with E-state index in [0.29, 0.717) is 0 Å². The minimum atomic E-state index is -5.72. The molecule has 0 aliphatic rings. The van der Waals surface area contributed by atoms with Gasteiger partial charge in [-0.25, -0.2) is 4.72 Å². The Morgan fingerprint density at radius 3 is 2.33 bits per heavy atom. The average Bonchev–Trinajstić information content (AvgIpc) is 2.35. The molecule has 0 spiro atoms. The SMILES string of the molecule is C.CC(NS(=O)(=O)NC=O)c1ccc(C(F)(F)P(=O)(O)O)c(Br)c1. The van der Waals surface area contributed by atoms with Gasteiger partial charge in [-0.05, 0) is 18.6 Å². The van der Waals surface area contributed by atoms with Crippen LogP contribution in [0.15, 0.2) is 22.7 Å². The van der Waals surface area contributed by atoms with Crippen molar-refractivity contribution in [3.05, 3.63) is 33.8 Å². The van der Waals surface area contributed by atoms with Gasteiger partial charge in [0.05, 0.1) is 0 Å². The van der Waals surface area contributed by atoms with Gasteiger partial charge < -0.3 is 9.79 Å². The van der Waals surface area contributed by atoms with Crippen molar-refractivity contribution < 1.29 is 36.3 Å². The number of hydrogen-bond donors (Lipinski definition) is 4. The molecular formula is C11H16BrF2N2O6PS. The molecule has 1 aromatic carbocycles. The second-order valence-corrected chi connectivity index (χ2v) is 8.39. The Hall–Kier alpha value is -0.910. The Morgan fingerprint density at radius 1 is 1.38 bits per heavy atom. The third-order valence-corrected chi connectivity index (χ3v) is 5.42. The number of amides is 1. The molecule has 0 aliphatic heterocycles. The van der Waals surface area contributed by atoms with Crippen LogP contribution in [0.25, 0.3) is 0 Å². The van der Waals surface area contributed by atoms with Crippen LogP contribution in [0, 0.1) is 0 Å². The zero-order valence-electron chi connectivity index (χ0n) is 11.4. The van der Waals surface area contributed by atoms with Crippen LogP contribution in [0.3, 0.4) is 0 Å². The van der Waals surface area contributed by atoms with E-state index in [0.717, 1.165) is 18.2 Å². The van der Waals surface area contributed by atoms with Gasteiger partial charge in [-0.1, -0.05) is 35.5 Å². The summed E-state index contributed by atoms with van der Waals surface area (Å²) in [4.78, 5) is 27.6. The normalized spacial score (nSPS) is 13.8. The van der Waals surface area contributed by atoms with E-state index in [2.05, 4.69) is 20.7 Å². The maximum Gasteiger partial charge on any atom is 0.399 e. The topological polar surface area (TPSA) is 133 Å². The summed E-state index contributed by atoms with van der Waals surface area (Å²) in [7, 11) is -9.83. The minimum absolute atomic E-state index is 0. The number of alkyl halides is 2. The summed E-state index contributed by atoms with van der Waals surface area (Å²) in [5.41, 5.74) is -5.11. The van der Waals surface area contributed by atoms with Crippen LogP contribution < -0.4 is 9.44 Å². The second kappa shape index (κ2) is 7.98. The van der Waals surface area contributed by atoms with Gasteiger partial charge in [-0.3, -0.25) is 9.36 Å². The lowest BCUT2D eigenvalue weighted by atomic mass is 10.1. The van der Waals surface area contributed by atoms with E-state index in [1.54, 1.807) is 0 Å². The van der Waals surface area contributed by atoms with E-state index in [9.17, 15) is 26.6 Å². The molecule has 0 saturated carbocycles. The van der Waals surface area contributed by atoms with Gasteiger partial charge in [0.1, 0.15) is 0 Å². The van der Waals surface area contributed by atoms with Crippen LogP contribution in [0.2, 0.25) is 0 Å². The van der Waals surface area contributed by atoms with Crippen molar-refractivity contribution in [3.63, 3.8) is 0 Å². The molecule has 1 amide bonds. The van der Waals surface area contributed by atoms with Gasteiger partial charge in [-0.15, -0.1) is 0 Å². The molecule has 138 valence electrons. The largest absolute Gasteiger partial charge is 0.399 e. The number of carbonyl (C=O) groups is 1. The molecule has 24 heavy (non-hydrogen) atoms. The van der Waals surface area contributed by atoms with Crippen molar-refractivity contribution in [2.45, 2.75) is 26.1 Å². The van der Waals surface area contributed by atoms with Crippen molar-refractivity contribution in [1.82, 2.24) is 9.44 Å². The average molecular weight is 453 g/mol. The molecular weight excluding hydrogens is 437 g/mol. The highest BCUT2D eigenvalue weighted by molar-refractivity contribution is 9.10. The molecule has 1 aromatic rings. The first-order chi connectivity index (χ1) is 10.3. The van der Waals surface area contributed by atoms with Gasteiger partial charge in [0.2, 0.25) is 6.41 Å². The fourth-order valence-electron chi connectivity index (χ4n) is 1.60. The van der Waals surface area contributed by atoms with Crippen LogP contribution in [0.5, 0.6) is 0 Å². The smallest absolute Gasteiger partial charge is 0.320 e. The van der Waals surface area contributed by atoms with E-state index < -0.39 is 35.1 Å². The number of hydrogen-bond acceptors (Lipinski definition) is 4. The summed E-state index contributed by atoms with van der Waals surface area (Å²) in [6.45, 7) is 1.38. The van der Waals surface area contributed by atoms with Crippen LogP contribution in [0.4, 0.5) is 8.78 Å². The van der Waals surface area contributed by atoms with Crippen molar-refractivity contribution in [2.75, 3.05) is 0 Å². The van der Waals surface area contributed by atoms with E-state index in [1.807, 2.05) is 0 Å². The van der Waals surface area contributed by atoms with Crippen LogP contribution in [0.1, 0.15) is 31.5 Å². The third-order valence-electron chi connectivity index (χ3n) is 2.72. The van der Waals surface area contributed by atoms with Crippen molar-refractivity contribution in [3.8, 4) is 0 Å². The summed E-state index contributed by atoms with van der Waals surface area (Å²) in [5.74, 6) is 0. The molecule has 1 unspecified atom stereocenters. The first-order valence-corrected chi connectivity index (χ1v) is 9.67. The predicted octanol–water partition coefficient (Wildman–Crippen LogP) is 1.95. The number of rotatable bonds is 7. The maximum atomic E-state index is 13.7. The van der Waals surface area contributed by atoms with E-state index in [4.69, 9.17) is 9.79 Å². The lowest BCUT2D eigenvalue weighted by Crippen LogP contribution is -2.37. The molecule has 1 atom stereocenters. The molecule has 1 rings (SSSR count). The Kier molecular flexibility index (Phi) is 7.68. The fraction of sp³-hybridized carbons (Fsp3) is 0.364. The third kappa shape index (κ3) is 5.30. The van der Waals surface area contributed by atoms with Crippen LogP contribution >= 0.6 is 23.5 Å². The monoisotopic (exact) mass is 452 g/mol. The highest BCUT2D eigenvalue weighted by Crippen LogP contribution is 2.60. The van der Waals surface area contributed by atoms with Crippen molar-refractivity contribution >= 4 is 40.1 Å². The lowest BCUT2D eigenvalue weighted by Gasteiger charge is -2.21. The van der Waals surface area contributed by atoms with Gasteiger partial charge in [-0.2, -0.15) is 21.9 Å². The highest BCUT2D eigenvalue weighted by atomic mass is 79.9. The van der Waals surface area contributed by atoms with E-state index in [-0.39, 0.29) is 23.9 Å². The summed E-state index contributed by atoms with van der Waals surface area (Å²) in [6, 6.07) is 2.04. The number of benzene rings is 1. The number of nitrogens with one attached hydrogen (secondary N) is 2. The van der Waals surface area contributed by atoms with E-state index >= 15 is 0 Å². The fourth-order valence-corrected chi connectivity index (χ4v) is 3.70. The number of carbonyl (C=O) groups excluding carboxylic acids is 1. The Balaban J connectivity index is 0.00000529. The van der Waals surface area contributed by atoms with Gasteiger partial charge >= 0.3 is 23.5 Å². The molecule has 8 nitrogen and oxygen atoms in total. The Bertz CT molecular complexity index is 755. The Morgan fingerprint density at radius 2 is 1.92 bits per heavy atom. The first kappa shape index (κ1) is 23.1.